The van der Waals surface area contributed by atoms with E-state index in [1.54, 1.807) is 0 Å². The minimum absolute atomic E-state index is 0.0336. The third-order valence-corrected chi connectivity index (χ3v) is 13.7. The Labute approximate surface area is 539 Å². The van der Waals surface area contributed by atoms with Gasteiger partial charge in [-0.25, -0.2) is 19.2 Å². The Morgan fingerprint density at radius 3 is 1.06 bits per heavy atom. The molecule has 0 heterocycles. The molecule has 0 spiro atoms. The number of rotatable bonds is 21. The monoisotopic (exact) mass is 1380 g/mol. The Morgan fingerprint density at radius 2 is 0.704 bits per heavy atom. The molecule has 0 aliphatic rings. The van der Waals surface area contributed by atoms with Crippen LogP contribution >= 0.6 is 0 Å². The van der Waals surface area contributed by atoms with Crippen LogP contribution in [0.15, 0.2) is 146 Å². The topological polar surface area (TPSA) is 358 Å². The van der Waals surface area contributed by atoms with E-state index in [1.165, 1.54) is 12.1 Å². The van der Waals surface area contributed by atoms with Crippen molar-refractivity contribution in [2.45, 2.75) is 31.6 Å². The summed E-state index contributed by atoms with van der Waals surface area (Å²) < 4.78 is 177. The van der Waals surface area contributed by atoms with Gasteiger partial charge in [-0.05, 0) is 119 Å². The van der Waals surface area contributed by atoms with E-state index in [0.29, 0.717) is 78.9 Å². The third kappa shape index (κ3) is 17.5. The SMILES string of the molecule is CC(=O)c1ccc(-c2ccc(C(=O)O)c(C(=O)Nc3ccc(-c4ccc(NC(=O)c5cc(C(=O)Nc6ccc(-c7ccc(NC(=O)/C=C\C(=O)O)cc7C(F)(F)F)c(C(F)(F)F)c6)c(C(=O)O)cc5C=O)cc4C(F)(F)F)c(C(F)(F)F)c3)c2)cc1C(=O)NCNC(=O)/C=C\C(=O)O. The fourth-order valence-corrected chi connectivity index (χ4v) is 9.40. The van der Waals surface area contributed by atoms with Crippen LogP contribution in [-0.4, -0.2) is 98.5 Å². The number of anilines is 4. The van der Waals surface area contributed by atoms with Gasteiger partial charge in [0.05, 0.1) is 62.3 Å². The van der Waals surface area contributed by atoms with E-state index in [-0.39, 0.29) is 52.8 Å². The van der Waals surface area contributed by atoms with Crippen LogP contribution in [0.4, 0.5) is 75.4 Å². The molecule has 10 N–H and O–H groups in total. The number of carbonyl (C=O) groups excluding carboxylic acids is 8. The quantitative estimate of drug-likeness (QED) is 0.0105. The molecule has 7 aromatic carbocycles. The molecule has 0 saturated heterocycles. The van der Waals surface area contributed by atoms with Crippen LogP contribution in [-0.2, 0) is 43.9 Å². The molecule has 22 nitrogen and oxygen atoms in total. The zero-order valence-corrected chi connectivity index (χ0v) is 48.9. The number of nitrogens with one attached hydrogen (secondary N) is 6. The Kier molecular flexibility index (Phi) is 21.4. The first-order chi connectivity index (χ1) is 45.7. The van der Waals surface area contributed by atoms with Crippen LogP contribution in [0.5, 0.6) is 0 Å². The summed E-state index contributed by atoms with van der Waals surface area (Å²) in [6.45, 7) is 0.510. The lowest BCUT2D eigenvalue weighted by atomic mass is 9.93. The van der Waals surface area contributed by atoms with Gasteiger partial charge in [0.15, 0.2) is 12.1 Å². The van der Waals surface area contributed by atoms with Crippen molar-refractivity contribution in [3.63, 3.8) is 0 Å². The first-order valence-corrected chi connectivity index (χ1v) is 27.0. The summed E-state index contributed by atoms with van der Waals surface area (Å²) in [6.07, 6.45) is -20.4. The molecule has 0 aliphatic carbocycles. The number of hydrogen-bond donors (Lipinski definition) is 10. The first-order valence-electron chi connectivity index (χ1n) is 27.0. The zero-order chi connectivity index (χ0) is 72.7. The van der Waals surface area contributed by atoms with Crippen molar-refractivity contribution in [1.29, 1.82) is 0 Å². The maximum atomic E-state index is 15.0. The number of alkyl halides is 12. The van der Waals surface area contributed by atoms with Gasteiger partial charge in [0.2, 0.25) is 11.8 Å². The van der Waals surface area contributed by atoms with Crippen LogP contribution < -0.4 is 31.9 Å². The standard InChI is InChI=1S/C64H40F12N6O16/c1-28(84)36-8-2-29(18-43(36)55(91)78-27-77-51(85)14-16-53(87)88)30-3-9-41(59(95)96)44(19-30)57(93)81-34-6-12-40(49(23-34)63(71,72)73)39-11-5-33(22-48(39)62(68,69)70)80-56(92)42-25-45(46(60(97)98)20-31(42)26-83)58(94)82-35-7-13-38(50(24-35)64(74,75)76)37-10-4-32(21-47(37)61(65,66)67)79-52(86)15-17-54(89)90/h2-26H,27H2,1H3,(H,77,85)(H,78,91)(H,79,86)(H,80,92)(H,81,93)(H,82,94)(H,87,88)(H,89,90)(H,95,96)(H,97,98)/b16-14-,17-15-. The van der Waals surface area contributed by atoms with Gasteiger partial charge < -0.3 is 52.3 Å². The largest absolute Gasteiger partial charge is 0.478 e. The highest BCUT2D eigenvalue weighted by atomic mass is 19.4. The van der Waals surface area contributed by atoms with Crippen LogP contribution in [0.3, 0.4) is 0 Å². The molecule has 0 atom stereocenters. The van der Waals surface area contributed by atoms with Gasteiger partial charge in [-0.3, -0.25) is 38.4 Å². The molecular weight excluding hydrogens is 1340 g/mol. The van der Waals surface area contributed by atoms with Crippen molar-refractivity contribution >= 4 is 94.1 Å². The Morgan fingerprint density at radius 1 is 0.357 bits per heavy atom. The molecule has 6 amide bonds. The maximum absolute atomic E-state index is 15.0. The van der Waals surface area contributed by atoms with Crippen molar-refractivity contribution in [2.24, 2.45) is 0 Å². The molecular formula is C64H40F12N6O16. The van der Waals surface area contributed by atoms with Crippen LogP contribution in [0.25, 0.3) is 33.4 Å². The average Bonchev–Trinajstić information content (AvgIpc) is 0.776. The first kappa shape index (κ1) is 72.6. The van der Waals surface area contributed by atoms with E-state index in [0.717, 1.165) is 37.3 Å². The lowest BCUT2D eigenvalue weighted by Gasteiger charge is -2.20. The van der Waals surface area contributed by atoms with Gasteiger partial charge in [-0.2, -0.15) is 52.7 Å². The van der Waals surface area contributed by atoms with Crippen molar-refractivity contribution < 1.29 is 131 Å². The van der Waals surface area contributed by atoms with Gasteiger partial charge >= 0.3 is 48.6 Å². The van der Waals surface area contributed by atoms with E-state index in [2.05, 4.69) is 16.0 Å². The predicted octanol–water partition coefficient (Wildman–Crippen LogP) is 12.0. The number of aldehydes is 1. The molecule has 0 fully saturated rings. The molecule has 7 rings (SSSR count). The second kappa shape index (κ2) is 28.8. The number of benzene rings is 7. The Bertz CT molecular complexity index is 4600. The van der Waals surface area contributed by atoms with E-state index in [9.17, 15) is 107 Å². The number of Topliss-reactive ketones (excluding diaryl/α,β-unsaturated/α-hetero) is 1. The van der Waals surface area contributed by atoms with Gasteiger partial charge in [0.25, 0.3) is 23.6 Å². The number of carboxylic acid groups (broad SMARTS) is 4. The van der Waals surface area contributed by atoms with Crippen molar-refractivity contribution in [3.05, 3.63) is 212 Å². The molecule has 0 aromatic heterocycles. The van der Waals surface area contributed by atoms with Crippen LogP contribution in [0.2, 0.25) is 0 Å². The summed E-state index contributed by atoms with van der Waals surface area (Å²) in [6, 6.07) is 12.6. The van der Waals surface area contributed by atoms with Crippen LogP contribution in [0.1, 0.15) is 112 Å². The molecule has 0 unspecified atom stereocenters. The van der Waals surface area contributed by atoms with Crippen molar-refractivity contribution in [3.8, 4) is 33.4 Å². The third-order valence-electron chi connectivity index (χ3n) is 13.7. The second-order valence-electron chi connectivity index (χ2n) is 20.2. The number of amides is 6. The number of halogens is 12. The van der Waals surface area contributed by atoms with E-state index < -0.39 is 197 Å². The van der Waals surface area contributed by atoms with E-state index >= 15 is 13.2 Å². The highest BCUT2D eigenvalue weighted by Crippen LogP contribution is 2.47. The van der Waals surface area contributed by atoms with Gasteiger partial charge in [-0.1, -0.05) is 42.5 Å². The summed E-state index contributed by atoms with van der Waals surface area (Å²) in [5.41, 5.74) is -21.4. The van der Waals surface area contributed by atoms with Gasteiger partial charge in [0, 0.05) is 58.2 Å². The predicted molar refractivity (Wildman–Crippen MR) is 318 cm³/mol. The number of ketones is 1. The van der Waals surface area contributed by atoms with Crippen molar-refractivity contribution in [2.75, 3.05) is 27.9 Å². The summed E-state index contributed by atoms with van der Waals surface area (Å²) >= 11 is 0. The average molecular weight is 1380 g/mol. The highest BCUT2D eigenvalue weighted by Gasteiger charge is 2.41. The Balaban J connectivity index is 1.17. The van der Waals surface area contributed by atoms with Gasteiger partial charge in [0.1, 0.15) is 0 Å². The smallest absolute Gasteiger partial charge is 0.417 e. The lowest BCUT2D eigenvalue weighted by molar-refractivity contribution is -0.139. The number of aliphatic carboxylic acids is 2. The highest BCUT2D eigenvalue weighted by molar-refractivity contribution is 6.17. The normalized spacial score (nSPS) is 11.7. The molecule has 98 heavy (non-hydrogen) atoms. The summed E-state index contributed by atoms with van der Waals surface area (Å²) in [4.78, 5) is 150. The molecule has 34 heteroatoms. The number of hydrogen-bond acceptors (Lipinski definition) is 12. The lowest BCUT2D eigenvalue weighted by Crippen LogP contribution is -2.37. The second-order valence-corrected chi connectivity index (χ2v) is 20.2. The molecule has 506 valence electrons. The molecule has 0 aliphatic heterocycles. The van der Waals surface area contributed by atoms with Crippen LogP contribution in [0, 0.1) is 0 Å². The molecule has 0 radical (unpaired) electrons. The Hall–Kier alpha value is -12.8. The number of aromatic carboxylic acids is 2. The van der Waals surface area contributed by atoms with E-state index in [4.69, 9.17) is 10.2 Å². The van der Waals surface area contributed by atoms with Gasteiger partial charge in [-0.15, -0.1) is 0 Å². The maximum Gasteiger partial charge on any atom is 0.417 e. The number of carboxylic acids is 4. The van der Waals surface area contributed by atoms with Crippen molar-refractivity contribution in [1.82, 2.24) is 10.6 Å². The summed E-state index contributed by atoms with van der Waals surface area (Å²) in [5.74, 6) is -15.3. The fraction of sp³-hybridized carbons (Fsp3) is 0.0938. The minimum atomic E-state index is -5.60. The molecule has 7 aromatic rings. The zero-order valence-electron chi connectivity index (χ0n) is 48.9. The molecule has 0 bridgehead atoms. The fourth-order valence-electron chi connectivity index (χ4n) is 9.40. The van der Waals surface area contributed by atoms with E-state index in [1.807, 2.05) is 16.0 Å². The summed E-state index contributed by atoms with van der Waals surface area (Å²) in [5, 5.41) is 49.6. The molecule has 0 saturated carbocycles. The minimum Gasteiger partial charge on any atom is -0.478 e. The summed E-state index contributed by atoms with van der Waals surface area (Å²) in [7, 11) is 0. The number of carbonyl (C=O) groups is 12.